The van der Waals surface area contributed by atoms with Crippen LogP contribution in [0.5, 0.6) is 0 Å². The summed E-state index contributed by atoms with van der Waals surface area (Å²) < 4.78 is 49.8. The molecule has 144 valence electrons. The summed E-state index contributed by atoms with van der Waals surface area (Å²) >= 11 is 0. The quantitative estimate of drug-likeness (QED) is 0.333. The predicted molar refractivity (Wildman–Crippen MR) is 104 cm³/mol. The van der Waals surface area contributed by atoms with Gasteiger partial charge in [-0.15, -0.1) is 4.79 Å². The van der Waals surface area contributed by atoms with Gasteiger partial charge in [0.05, 0.1) is 9.79 Å². The van der Waals surface area contributed by atoms with E-state index in [9.17, 15) is 22.4 Å². The number of benzene rings is 2. The van der Waals surface area contributed by atoms with Crippen molar-refractivity contribution in [1.82, 2.24) is 0 Å². The second kappa shape index (κ2) is 7.76. The average molecular weight is 407 g/mol. The molecule has 0 spiro atoms. The SMILES string of the molecule is CC(C)c1ccc(S(=O)(=O)C(=[N+]=[N-])S(=O)(=O)c2ccc(C(C)C)cc2)cc1. The Morgan fingerprint density at radius 2 is 1.00 bits per heavy atom. The Morgan fingerprint density at radius 1 is 0.704 bits per heavy atom. The summed E-state index contributed by atoms with van der Waals surface area (Å²) in [6, 6.07) is 11.7. The van der Waals surface area contributed by atoms with E-state index in [0.717, 1.165) is 11.1 Å². The van der Waals surface area contributed by atoms with Gasteiger partial charge in [-0.25, -0.2) is 16.8 Å². The van der Waals surface area contributed by atoms with Crippen molar-refractivity contribution in [3.63, 3.8) is 0 Å². The number of hydrogen-bond acceptors (Lipinski definition) is 4. The fourth-order valence-electron chi connectivity index (χ4n) is 2.52. The summed E-state index contributed by atoms with van der Waals surface area (Å²) in [7, 11) is -9.03. The minimum atomic E-state index is -4.51. The third-order valence-electron chi connectivity index (χ3n) is 4.26. The zero-order valence-electron chi connectivity index (χ0n) is 15.6. The van der Waals surface area contributed by atoms with Gasteiger partial charge in [0.25, 0.3) is 19.7 Å². The van der Waals surface area contributed by atoms with Crippen molar-refractivity contribution in [2.24, 2.45) is 0 Å². The van der Waals surface area contributed by atoms with Crippen molar-refractivity contribution < 1.29 is 21.6 Å². The zero-order valence-corrected chi connectivity index (χ0v) is 17.3. The minimum Gasteiger partial charge on any atom is -0.359 e. The fourth-order valence-corrected chi connectivity index (χ4v) is 5.86. The molecule has 0 saturated carbocycles. The molecular formula is C19H22N2O4S2. The first-order valence-corrected chi connectivity index (χ1v) is 11.4. The maximum Gasteiger partial charge on any atom is 0.504 e. The van der Waals surface area contributed by atoms with Crippen LogP contribution in [0.3, 0.4) is 0 Å². The highest BCUT2D eigenvalue weighted by Gasteiger charge is 2.43. The van der Waals surface area contributed by atoms with Crippen molar-refractivity contribution in [1.29, 1.82) is 0 Å². The van der Waals surface area contributed by atoms with Crippen LogP contribution in [0.25, 0.3) is 5.53 Å². The van der Waals surface area contributed by atoms with E-state index in [0.29, 0.717) is 0 Å². The lowest BCUT2D eigenvalue weighted by Crippen LogP contribution is -2.26. The molecule has 0 aliphatic carbocycles. The number of sulfone groups is 2. The lowest BCUT2D eigenvalue weighted by Gasteiger charge is -2.08. The van der Waals surface area contributed by atoms with Crippen molar-refractivity contribution in [2.75, 3.05) is 0 Å². The molecule has 0 aliphatic rings. The third-order valence-corrected chi connectivity index (χ3v) is 8.44. The highest BCUT2D eigenvalue weighted by molar-refractivity contribution is 8.31. The van der Waals surface area contributed by atoms with E-state index < -0.39 is 24.1 Å². The smallest absolute Gasteiger partial charge is 0.359 e. The van der Waals surface area contributed by atoms with Gasteiger partial charge in [0, 0.05) is 0 Å². The van der Waals surface area contributed by atoms with Gasteiger partial charge >= 0.3 is 4.38 Å². The Morgan fingerprint density at radius 3 is 1.22 bits per heavy atom. The molecule has 2 aromatic rings. The van der Waals surface area contributed by atoms with Gasteiger partial charge in [-0.2, -0.15) is 0 Å². The molecule has 6 nitrogen and oxygen atoms in total. The van der Waals surface area contributed by atoms with Crippen molar-refractivity contribution in [3.8, 4) is 0 Å². The van der Waals surface area contributed by atoms with E-state index in [2.05, 4.69) is 4.79 Å². The van der Waals surface area contributed by atoms with Crippen LogP contribution in [0.1, 0.15) is 50.7 Å². The second-order valence-corrected chi connectivity index (χ2v) is 10.8. The highest BCUT2D eigenvalue weighted by atomic mass is 32.3. The van der Waals surface area contributed by atoms with Gasteiger partial charge in [0.15, 0.2) is 0 Å². The third kappa shape index (κ3) is 4.18. The summed E-state index contributed by atoms with van der Waals surface area (Å²) in [5.74, 6) is 0.381. The van der Waals surface area contributed by atoms with Crippen LogP contribution >= 0.6 is 0 Å². The summed E-state index contributed by atoms with van der Waals surface area (Å²) in [6.07, 6.45) is 0. The molecule has 0 radical (unpaired) electrons. The minimum absolute atomic E-state index is 0.191. The molecule has 0 heterocycles. The molecule has 8 heteroatoms. The number of hydrogen-bond donors (Lipinski definition) is 0. The maximum atomic E-state index is 12.8. The highest BCUT2D eigenvalue weighted by Crippen LogP contribution is 2.24. The molecule has 0 N–H and O–H groups in total. The molecule has 0 bridgehead atoms. The monoisotopic (exact) mass is 406 g/mol. The Bertz CT molecular complexity index is 994. The van der Waals surface area contributed by atoms with Gasteiger partial charge in [-0.3, -0.25) is 0 Å². The molecule has 0 unspecified atom stereocenters. The topological polar surface area (TPSA) is 105 Å². The molecule has 27 heavy (non-hydrogen) atoms. The second-order valence-electron chi connectivity index (χ2n) is 6.82. The van der Waals surface area contributed by atoms with Crippen LogP contribution in [0.15, 0.2) is 58.3 Å². The summed E-state index contributed by atoms with van der Waals surface area (Å²) in [5.41, 5.74) is 11.0. The maximum absolute atomic E-state index is 12.8. The van der Waals surface area contributed by atoms with Gasteiger partial charge in [0.2, 0.25) is 0 Å². The summed E-state index contributed by atoms with van der Waals surface area (Å²) in [6.45, 7) is 7.82. The lowest BCUT2D eigenvalue weighted by atomic mass is 10.0. The molecule has 0 saturated heterocycles. The number of rotatable bonds is 4. The first-order chi connectivity index (χ1) is 12.5. The number of nitrogens with zero attached hydrogens (tertiary/aromatic N) is 2. The van der Waals surface area contributed by atoms with Gasteiger partial charge < -0.3 is 5.53 Å². The Labute approximate surface area is 160 Å². The van der Waals surface area contributed by atoms with Crippen LogP contribution in [-0.2, 0) is 19.7 Å². The van der Waals surface area contributed by atoms with E-state index >= 15 is 0 Å². The molecule has 0 aromatic heterocycles. The van der Waals surface area contributed by atoms with Gasteiger partial charge in [-0.1, -0.05) is 52.0 Å². The largest absolute Gasteiger partial charge is 0.504 e. The predicted octanol–water partition coefficient (Wildman–Crippen LogP) is 3.77. The average Bonchev–Trinajstić information content (AvgIpc) is 2.62. The zero-order chi connectivity index (χ0) is 20.4. The molecular weight excluding hydrogens is 384 g/mol. The van der Waals surface area contributed by atoms with Crippen molar-refractivity contribution >= 4 is 24.1 Å². The van der Waals surface area contributed by atoms with Crippen LogP contribution in [0.2, 0.25) is 0 Å². The Balaban J connectivity index is 2.52. The Kier molecular flexibility index (Phi) is 6.04. The van der Waals surface area contributed by atoms with Gasteiger partial charge in [0.1, 0.15) is 0 Å². The van der Waals surface area contributed by atoms with Crippen LogP contribution in [0.4, 0.5) is 0 Å². The van der Waals surface area contributed by atoms with E-state index in [1.54, 1.807) is 24.3 Å². The molecule has 0 fully saturated rings. The molecule has 2 rings (SSSR count). The molecule has 2 aromatic carbocycles. The standard InChI is InChI=1S/C19H22N2O4S2/c1-13(2)15-5-9-17(10-6-15)26(22,23)19(21-20)27(24,25)18-11-7-16(8-12-18)14(3)4/h5-14H,1-4H3. The van der Waals surface area contributed by atoms with E-state index in [-0.39, 0.29) is 21.6 Å². The van der Waals surface area contributed by atoms with Crippen molar-refractivity contribution in [3.05, 3.63) is 65.2 Å². The van der Waals surface area contributed by atoms with Crippen LogP contribution < -0.4 is 0 Å². The van der Waals surface area contributed by atoms with E-state index in [4.69, 9.17) is 0 Å². The molecule has 0 amide bonds. The summed E-state index contributed by atoms with van der Waals surface area (Å²) in [5, 5.41) is 0. The van der Waals surface area contributed by atoms with Crippen LogP contribution in [0, 0.1) is 0 Å². The van der Waals surface area contributed by atoms with Crippen LogP contribution in [-0.4, -0.2) is 26.0 Å². The first-order valence-electron chi connectivity index (χ1n) is 8.44. The molecule has 0 aliphatic heterocycles. The lowest BCUT2D eigenvalue weighted by molar-refractivity contribution is 0.00380. The first kappa shape index (κ1) is 21.0. The van der Waals surface area contributed by atoms with Gasteiger partial charge in [-0.05, 0) is 47.2 Å². The van der Waals surface area contributed by atoms with Crippen molar-refractivity contribution in [2.45, 2.75) is 49.3 Å². The molecule has 0 atom stereocenters. The fraction of sp³-hybridized carbons (Fsp3) is 0.316. The van der Waals surface area contributed by atoms with E-state index in [1.807, 2.05) is 27.7 Å². The Hall–Kier alpha value is -2.28. The van der Waals surface area contributed by atoms with E-state index in [1.165, 1.54) is 24.3 Å². The normalized spacial score (nSPS) is 12.2. The summed E-state index contributed by atoms with van der Waals surface area (Å²) in [4.78, 5) is 2.14.